The number of aliphatic imine (C=N–C) groups is 1. The van der Waals surface area contributed by atoms with Gasteiger partial charge in [-0.25, -0.2) is 9.38 Å². The highest BCUT2D eigenvalue weighted by molar-refractivity contribution is 14.0. The normalized spacial score (nSPS) is 11.0. The monoisotopic (exact) mass is 429 g/mol. The number of aliphatic hydroxyl groups is 1. The van der Waals surface area contributed by atoms with Crippen LogP contribution in [0.2, 0.25) is 0 Å². The predicted molar refractivity (Wildman–Crippen MR) is 103 cm³/mol. The molecule has 0 aliphatic rings. The smallest absolute Gasteiger partial charge is 0.193 e. The summed E-state index contributed by atoms with van der Waals surface area (Å²) >= 11 is 0. The van der Waals surface area contributed by atoms with Crippen molar-refractivity contribution in [3.05, 3.63) is 65.0 Å². The lowest BCUT2D eigenvalue weighted by atomic mass is 10.1. The van der Waals surface area contributed by atoms with Gasteiger partial charge in [-0.3, -0.25) is 0 Å². The maximum Gasteiger partial charge on any atom is 0.193 e. The van der Waals surface area contributed by atoms with E-state index in [0.29, 0.717) is 12.5 Å². The zero-order valence-corrected chi connectivity index (χ0v) is 15.3. The number of aryl methyl sites for hydroxylation is 1. The van der Waals surface area contributed by atoms with Crippen LogP contribution in [0.4, 0.5) is 10.1 Å². The molecular formula is C17H21FIN3O. The molecule has 0 unspecified atom stereocenters. The Kier molecular flexibility index (Phi) is 7.97. The molecule has 6 heteroatoms. The fourth-order valence-electron chi connectivity index (χ4n) is 2.08. The summed E-state index contributed by atoms with van der Waals surface area (Å²) in [6.07, 6.45) is 0.950. The van der Waals surface area contributed by atoms with Crippen LogP contribution in [-0.2, 0) is 19.6 Å². The maximum atomic E-state index is 13.3. The highest BCUT2D eigenvalue weighted by Gasteiger charge is 2.02. The molecule has 0 bridgehead atoms. The van der Waals surface area contributed by atoms with Crippen molar-refractivity contribution in [2.45, 2.75) is 26.5 Å². The Morgan fingerprint density at radius 1 is 1.22 bits per heavy atom. The number of benzene rings is 2. The predicted octanol–water partition coefficient (Wildman–Crippen LogP) is 3.43. The molecule has 0 saturated heterocycles. The van der Waals surface area contributed by atoms with Crippen molar-refractivity contribution in [1.29, 1.82) is 0 Å². The first-order valence-electron chi connectivity index (χ1n) is 7.16. The number of nitrogens with one attached hydrogen (secondary N) is 1. The molecule has 0 radical (unpaired) electrons. The number of nitrogens with two attached hydrogens (primary N) is 1. The van der Waals surface area contributed by atoms with Crippen molar-refractivity contribution in [2.24, 2.45) is 10.7 Å². The Morgan fingerprint density at radius 3 is 2.70 bits per heavy atom. The molecule has 2 aromatic rings. The fraction of sp³-hybridized carbons (Fsp3) is 0.235. The average Bonchev–Trinajstić information content (AvgIpc) is 2.54. The van der Waals surface area contributed by atoms with Crippen LogP contribution in [0.3, 0.4) is 0 Å². The number of halogens is 2. The standard InChI is InChI=1S/C17H20FN3O.HI/c1-2-12-4-3-5-15(9-12)21-17(19)20-10-13-6-7-16(18)14(8-13)11-22;/h3-9,22H,2,10-11H2,1H3,(H3,19,20,21);1H. The van der Waals surface area contributed by atoms with E-state index in [0.717, 1.165) is 17.7 Å². The van der Waals surface area contributed by atoms with E-state index >= 15 is 0 Å². The molecule has 23 heavy (non-hydrogen) atoms. The molecule has 0 spiro atoms. The topological polar surface area (TPSA) is 70.6 Å². The van der Waals surface area contributed by atoms with Gasteiger partial charge in [-0.15, -0.1) is 24.0 Å². The van der Waals surface area contributed by atoms with Gasteiger partial charge < -0.3 is 16.2 Å². The van der Waals surface area contributed by atoms with E-state index in [1.54, 1.807) is 12.1 Å². The van der Waals surface area contributed by atoms with Gasteiger partial charge in [0.25, 0.3) is 0 Å². The summed E-state index contributed by atoms with van der Waals surface area (Å²) in [5.74, 6) is -0.124. The summed E-state index contributed by atoms with van der Waals surface area (Å²) in [5.41, 5.74) is 9.01. The second-order valence-corrected chi connectivity index (χ2v) is 4.96. The van der Waals surface area contributed by atoms with Crippen LogP contribution in [-0.4, -0.2) is 11.1 Å². The number of anilines is 1. The van der Waals surface area contributed by atoms with E-state index in [4.69, 9.17) is 10.8 Å². The van der Waals surface area contributed by atoms with Crippen LogP contribution >= 0.6 is 24.0 Å². The van der Waals surface area contributed by atoms with Crippen LogP contribution in [0.1, 0.15) is 23.6 Å². The van der Waals surface area contributed by atoms with Gasteiger partial charge >= 0.3 is 0 Å². The molecule has 0 fully saturated rings. The summed E-state index contributed by atoms with van der Waals surface area (Å²) in [6.45, 7) is 2.07. The largest absolute Gasteiger partial charge is 0.392 e. The summed E-state index contributed by atoms with van der Waals surface area (Å²) < 4.78 is 13.3. The zero-order valence-electron chi connectivity index (χ0n) is 12.9. The molecule has 0 atom stereocenters. The van der Waals surface area contributed by atoms with Gasteiger partial charge in [0.15, 0.2) is 5.96 Å². The SMILES string of the molecule is CCc1cccc(NC(N)=NCc2ccc(F)c(CO)c2)c1.I. The first kappa shape index (κ1) is 19.4. The lowest BCUT2D eigenvalue weighted by molar-refractivity contribution is 0.275. The lowest BCUT2D eigenvalue weighted by Gasteiger charge is -2.07. The lowest BCUT2D eigenvalue weighted by Crippen LogP contribution is -2.22. The summed E-state index contributed by atoms with van der Waals surface area (Å²) in [4.78, 5) is 4.23. The molecule has 0 aliphatic heterocycles. The molecule has 4 N–H and O–H groups in total. The van der Waals surface area contributed by atoms with Gasteiger partial charge in [-0.1, -0.05) is 25.1 Å². The van der Waals surface area contributed by atoms with Gasteiger partial charge in [0.1, 0.15) is 5.82 Å². The Balaban J connectivity index is 0.00000264. The zero-order chi connectivity index (χ0) is 15.9. The average molecular weight is 429 g/mol. The molecule has 2 rings (SSSR count). The number of guanidine groups is 1. The molecule has 0 aliphatic carbocycles. The molecule has 124 valence electrons. The van der Waals surface area contributed by atoms with Crippen LogP contribution < -0.4 is 11.1 Å². The third-order valence-electron chi connectivity index (χ3n) is 3.32. The van der Waals surface area contributed by atoms with Crippen molar-refractivity contribution < 1.29 is 9.50 Å². The van der Waals surface area contributed by atoms with E-state index in [1.807, 2.05) is 24.3 Å². The molecule has 0 heterocycles. The number of aliphatic hydroxyl groups excluding tert-OH is 1. The number of hydrogen-bond donors (Lipinski definition) is 3. The van der Waals surface area contributed by atoms with Crippen LogP contribution in [0.25, 0.3) is 0 Å². The number of nitrogens with zero attached hydrogens (tertiary/aromatic N) is 1. The van der Waals surface area contributed by atoms with Crippen LogP contribution in [0.5, 0.6) is 0 Å². The van der Waals surface area contributed by atoms with Gasteiger partial charge in [0.2, 0.25) is 0 Å². The Bertz CT molecular complexity index is 677. The third kappa shape index (κ3) is 5.80. The minimum absolute atomic E-state index is 0. The van der Waals surface area contributed by atoms with Crippen LogP contribution in [0.15, 0.2) is 47.5 Å². The minimum atomic E-state index is -0.419. The van der Waals surface area contributed by atoms with Crippen molar-refractivity contribution in [3.8, 4) is 0 Å². The second kappa shape index (κ2) is 9.46. The molecule has 2 aromatic carbocycles. The van der Waals surface area contributed by atoms with Gasteiger partial charge in [-0.05, 0) is 41.8 Å². The molecule has 0 amide bonds. The first-order chi connectivity index (χ1) is 10.6. The highest BCUT2D eigenvalue weighted by Crippen LogP contribution is 2.13. The molecular weight excluding hydrogens is 408 g/mol. The number of rotatable bonds is 5. The van der Waals surface area contributed by atoms with Gasteiger partial charge in [-0.2, -0.15) is 0 Å². The summed E-state index contributed by atoms with van der Waals surface area (Å²) in [6, 6.07) is 12.5. The second-order valence-electron chi connectivity index (χ2n) is 4.96. The Labute approximate surface area is 152 Å². The third-order valence-corrected chi connectivity index (χ3v) is 3.32. The highest BCUT2D eigenvalue weighted by atomic mass is 127. The van der Waals surface area contributed by atoms with E-state index < -0.39 is 5.82 Å². The molecule has 4 nitrogen and oxygen atoms in total. The summed E-state index contributed by atoms with van der Waals surface area (Å²) in [7, 11) is 0. The Hall–Kier alpha value is -1.67. The first-order valence-corrected chi connectivity index (χ1v) is 7.16. The maximum absolute atomic E-state index is 13.3. The van der Waals surface area contributed by atoms with Gasteiger partial charge in [0.05, 0.1) is 13.2 Å². The van der Waals surface area contributed by atoms with E-state index in [1.165, 1.54) is 11.6 Å². The Morgan fingerprint density at radius 2 is 2.00 bits per heavy atom. The molecule has 0 aromatic heterocycles. The van der Waals surface area contributed by atoms with Crippen LogP contribution in [0, 0.1) is 5.82 Å². The quantitative estimate of drug-likeness (QED) is 0.388. The van der Waals surface area contributed by atoms with E-state index in [-0.39, 0.29) is 36.1 Å². The van der Waals surface area contributed by atoms with E-state index in [9.17, 15) is 4.39 Å². The van der Waals surface area contributed by atoms with Crippen molar-refractivity contribution >= 4 is 35.6 Å². The number of hydrogen-bond acceptors (Lipinski definition) is 2. The van der Waals surface area contributed by atoms with Crippen molar-refractivity contribution in [2.75, 3.05) is 5.32 Å². The molecule has 0 saturated carbocycles. The minimum Gasteiger partial charge on any atom is -0.392 e. The van der Waals surface area contributed by atoms with Gasteiger partial charge in [0, 0.05) is 11.3 Å². The fourth-order valence-corrected chi connectivity index (χ4v) is 2.08. The van der Waals surface area contributed by atoms with E-state index in [2.05, 4.69) is 17.2 Å². The van der Waals surface area contributed by atoms with Crippen molar-refractivity contribution in [3.63, 3.8) is 0 Å². The van der Waals surface area contributed by atoms with Crippen molar-refractivity contribution in [1.82, 2.24) is 0 Å². The summed E-state index contributed by atoms with van der Waals surface area (Å²) in [5, 5.41) is 12.1.